The van der Waals surface area contributed by atoms with Crippen molar-refractivity contribution in [1.29, 1.82) is 5.26 Å². The van der Waals surface area contributed by atoms with Gasteiger partial charge in [-0.25, -0.2) is 0 Å². The molecule has 0 aliphatic rings. The van der Waals surface area contributed by atoms with Gasteiger partial charge in [0.2, 0.25) is 5.91 Å². The Balaban J connectivity index is 1.52. The summed E-state index contributed by atoms with van der Waals surface area (Å²) in [5.74, 6) is 1.75. The van der Waals surface area contributed by atoms with Gasteiger partial charge < -0.3 is 19.2 Å². The highest BCUT2D eigenvalue weighted by atomic mass is 32.2. The van der Waals surface area contributed by atoms with E-state index in [0.29, 0.717) is 34.3 Å². The highest BCUT2D eigenvalue weighted by Crippen LogP contribution is 2.32. The largest absolute Gasteiger partial charge is 0.497 e. The maximum absolute atomic E-state index is 12.9. The van der Waals surface area contributed by atoms with Crippen molar-refractivity contribution in [3.63, 3.8) is 0 Å². The summed E-state index contributed by atoms with van der Waals surface area (Å²) in [4.78, 5) is 12.9. The number of nitriles is 1. The van der Waals surface area contributed by atoms with Crippen LogP contribution in [0.25, 0.3) is 17.1 Å². The van der Waals surface area contributed by atoms with Gasteiger partial charge in [-0.3, -0.25) is 9.36 Å². The second-order valence-corrected chi connectivity index (χ2v) is 8.42. The van der Waals surface area contributed by atoms with Gasteiger partial charge in [0.15, 0.2) is 0 Å². The molecule has 0 radical (unpaired) electrons. The Labute approximate surface area is 206 Å². The van der Waals surface area contributed by atoms with Crippen molar-refractivity contribution < 1.29 is 18.7 Å². The summed E-state index contributed by atoms with van der Waals surface area (Å²) in [5.41, 5.74) is 3.53. The molecule has 0 saturated heterocycles. The first-order valence-electron chi connectivity index (χ1n) is 10.6. The van der Waals surface area contributed by atoms with Crippen molar-refractivity contribution in [3.05, 3.63) is 65.4 Å². The lowest BCUT2D eigenvalue weighted by Crippen LogP contribution is -2.17. The second-order valence-electron chi connectivity index (χ2n) is 7.49. The van der Waals surface area contributed by atoms with Crippen molar-refractivity contribution in [2.75, 3.05) is 25.3 Å². The molecule has 0 aliphatic heterocycles. The standard InChI is InChI=1S/C25H23N5O4S/c1-15-16(2)30(17-9-11-18(32-3)12-10-17)23(20(15)13-26)27-22(31)14-35-25-29-28-24(34-25)19-7-5-6-8-21(19)33-4/h5-12H,14H2,1-4H3,(H,27,31). The number of rotatable bonds is 8. The molecule has 0 bridgehead atoms. The summed E-state index contributed by atoms with van der Waals surface area (Å²) in [7, 11) is 3.16. The average Bonchev–Trinajstić information content (AvgIpc) is 3.45. The molecule has 0 spiro atoms. The van der Waals surface area contributed by atoms with E-state index < -0.39 is 0 Å². The minimum Gasteiger partial charge on any atom is -0.497 e. The molecule has 1 N–H and O–H groups in total. The smallest absolute Gasteiger partial charge is 0.277 e. The van der Waals surface area contributed by atoms with Crippen LogP contribution in [-0.4, -0.2) is 40.6 Å². The van der Waals surface area contributed by atoms with E-state index in [1.54, 1.807) is 20.3 Å². The fraction of sp³-hybridized carbons (Fsp3) is 0.200. The lowest BCUT2D eigenvalue weighted by Gasteiger charge is -2.13. The van der Waals surface area contributed by atoms with Crippen molar-refractivity contribution in [3.8, 4) is 34.7 Å². The van der Waals surface area contributed by atoms with E-state index in [1.807, 2.05) is 60.9 Å². The summed E-state index contributed by atoms with van der Waals surface area (Å²) < 4.78 is 18.1. The molecule has 0 saturated carbocycles. The third kappa shape index (κ3) is 4.85. The Morgan fingerprint density at radius 1 is 1.11 bits per heavy atom. The molecule has 10 heteroatoms. The molecule has 0 unspecified atom stereocenters. The van der Waals surface area contributed by atoms with Crippen LogP contribution in [0, 0.1) is 25.2 Å². The number of anilines is 1. The Bertz CT molecular complexity index is 1400. The summed E-state index contributed by atoms with van der Waals surface area (Å²) in [6, 6.07) is 16.9. The number of thioether (sulfide) groups is 1. The Morgan fingerprint density at radius 3 is 2.54 bits per heavy atom. The molecule has 2 aromatic carbocycles. The number of methoxy groups -OCH3 is 2. The first kappa shape index (κ1) is 23.9. The minimum atomic E-state index is -0.309. The van der Waals surface area contributed by atoms with E-state index in [9.17, 15) is 10.1 Å². The zero-order valence-electron chi connectivity index (χ0n) is 19.7. The van der Waals surface area contributed by atoms with E-state index in [-0.39, 0.29) is 16.9 Å². The molecule has 9 nitrogen and oxygen atoms in total. The minimum absolute atomic E-state index is 0.0182. The second kappa shape index (κ2) is 10.4. The number of hydrogen-bond acceptors (Lipinski definition) is 8. The van der Waals surface area contributed by atoms with Gasteiger partial charge in [-0.1, -0.05) is 23.9 Å². The molecular weight excluding hydrogens is 466 g/mol. The molecule has 2 heterocycles. The maximum atomic E-state index is 12.9. The van der Waals surface area contributed by atoms with Gasteiger partial charge in [-0.2, -0.15) is 5.26 Å². The van der Waals surface area contributed by atoms with Crippen LogP contribution in [0.2, 0.25) is 0 Å². The van der Waals surface area contributed by atoms with Crippen molar-refractivity contribution in [2.24, 2.45) is 0 Å². The fourth-order valence-electron chi connectivity index (χ4n) is 3.61. The van der Waals surface area contributed by atoms with Crippen LogP contribution in [0.3, 0.4) is 0 Å². The van der Waals surface area contributed by atoms with Crippen molar-refractivity contribution >= 4 is 23.5 Å². The molecule has 0 fully saturated rings. The van der Waals surface area contributed by atoms with Gasteiger partial charge in [-0.15, -0.1) is 10.2 Å². The molecule has 4 aromatic rings. The lowest BCUT2D eigenvalue weighted by atomic mass is 10.2. The number of hydrogen-bond donors (Lipinski definition) is 1. The molecule has 4 rings (SSSR count). The zero-order valence-corrected chi connectivity index (χ0v) is 20.5. The van der Waals surface area contributed by atoms with E-state index in [2.05, 4.69) is 21.6 Å². The van der Waals surface area contributed by atoms with Crippen LogP contribution < -0.4 is 14.8 Å². The first-order chi connectivity index (χ1) is 17.0. The molecular formula is C25H23N5O4S. The SMILES string of the molecule is COc1ccc(-n2c(C)c(C)c(C#N)c2NC(=O)CSc2nnc(-c3ccccc3OC)o2)cc1. The van der Waals surface area contributed by atoms with Gasteiger partial charge in [0.1, 0.15) is 23.4 Å². The summed E-state index contributed by atoms with van der Waals surface area (Å²) >= 11 is 1.11. The Hall–Kier alpha value is -4.23. The van der Waals surface area contributed by atoms with Gasteiger partial charge in [0.05, 0.1) is 31.1 Å². The van der Waals surface area contributed by atoms with Crippen molar-refractivity contribution in [1.82, 2.24) is 14.8 Å². The summed E-state index contributed by atoms with van der Waals surface area (Å²) in [6.07, 6.45) is 0. The number of para-hydroxylation sites is 1. The quantitative estimate of drug-likeness (QED) is 0.352. The number of aromatic nitrogens is 3. The normalized spacial score (nSPS) is 10.6. The number of carbonyl (C=O) groups is 1. The Kier molecular flexibility index (Phi) is 7.08. The molecule has 1 amide bonds. The first-order valence-corrected chi connectivity index (χ1v) is 11.6. The van der Waals surface area contributed by atoms with E-state index in [4.69, 9.17) is 13.9 Å². The van der Waals surface area contributed by atoms with Crippen LogP contribution >= 0.6 is 11.8 Å². The highest BCUT2D eigenvalue weighted by molar-refractivity contribution is 7.99. The molecule has 0 atom stereocenters. The van der Waals surface area contributed by atoms with Crippen LogP contribution in [0.1, 0.15) is 16.8 Å². The maximum Gasteiger partial charge on any atom is 0.277 e. The number of ether oxygens (including phenoxy) is 2. The van der Waals surface area contributed by atoms with Crippen LogP contribution in [0.15, 0.2) is 58.2 Å². The zero-order chi connectivity index (χ0) is 24.9. The monoisotopic (exact) mass is 489 g/mol. The average molecular weight is 490 g/mol. The summed E-state index contributed by atoms with van der Waals surface area (Å²) in [6.45, 7) is 3.76. The van der Waals surface area contributed by atoms with E-state index >= 15 is 0 Å². The summed E-state index contributed by atoms with van der Waals surface area (Å²) in [5, 5.41) is 21.0. The van der Waals surface area contributed by atoms with Crippen molar-refractivity contribution in [2.45, 2.75) is 19.1 Å². The van der Waals surface area contributed by atoms with Crippen LogP contribution in [0.4, 0.5) is 5.82 Å². The molecule has 2 aromatic heterocycles. The van der Waals surface area contributed by atoms with Gasteiger partial charge in [0, 0.05) is 11.4 Å². The fourth-order valence-corrected chi connectivity index (χ4v) is 4.17. The molecule has 0 aliphatic carbocycles. The topological polar surface area (TPSA) is 115 Å². The third-order valence-corrected chi connectivity index (χ3v) is 6.30. The van der Waals surface area contributed by atoms with E-state index in [1.165, 1.54) is 0 Å². The highest BCUT2D eigenvalue weighted by Gasteiger charge is 2.21. The number of nitrogens with one attached hydrogen (secondary N) is 1. The lowest BCUT2D eigenvalue weighted by molar-refractivity contribution is -0.113. The number of nitrogens with zero attached hydrogens (tertiary/aromatic N) is 4. The predicted octanol–water partition coefficient (Wildman–Crippen LogP) is 4.76. The molecule has 178 valence electrons. The van der Waals surface area contributed by atoms with Crippen LogP contribution in [0.5, 0.6) is 11.5 Å². The van der Waals surface area contributed by atoms with Gasteiger partial charge in [0.25, 0.3) is 11.1 Å². The number of benzene rings is 2. The van der Waals surface area contributed by atoms with E-state index in [0.717, 1.165) is 28.7 Å². The van der Waals surface area contributed by atoms with Crippen LogP contribution in [-0.2, 0) is 4.79 Å². The molecule has 35 heavy (non-hydrogen) atoms. The Morgan fingerprint density at radius 2 is 1.86 bits per heavy atom. The van der Waals surface area contributed by atoms with Gasteiger partial charge >= 0.3 is 0 Å². The third-order valence-electron chi connectivity index (χ3n) is 5.48. The predicted molar refractivity (Wildman–Crippen MR) is 132 cm³/mol. The van der Waals surface area contributed by atoms with Gasteiger partial charge in [-0.05, 0) is 55.8 Å². The number of carbonyl (C=O) groups excluding carboxylic acids is 1. The number of amides is 1.